The van der Waals surface area contributed by atoms with Crippen molar-refractivity contribution < 1.29 is 4.79 Å². The van der Waals surface area contributed by atoms with Gasteiger partial charge in [-0.1, -0.05) is 22.4 Å². The molecule has 0 bridgehead atoms. The van der Waals surface area contributed by atoms with E-state index in [0.717, 1.165) is 21.4 Å². The Bertz CT molecular complexity index is 543. The SMILES string of the molecule is CSCC(c1cc(Br)c2c(c1)C(=O)NC2)N1CCCCC1. The highest BCUT2D eigenvalue weighted by Gasteiger charge is 2.27. The molecule has 1 aromatic carbocycles. The summed E-state index contributed by atoms with van der Waals surface area (Å²) in [6.07, 6.45) is 6.08. The van der Waals surface area contributed by atoms with Crippen molar-refractivity contribution in [3.63, 3.8) is 0 Å². The van der Waals surface area contributed by atoms with Gasteiger partial charge in [0.1, 0.15) is 0 Å². The van der Waals surface area contributed by atoms with Crippen LogP contribution in [0.4, 0.5) is 0 Å². The highest BCUT2D eigenvalue weighted by atomic mass is 79.9. The minimum Gasteiger partial charge on any atom is -0.348 e. The number of benzene rings is 1. The summed E-state index contributed by atoms with van der Waals surface area (Å²) < 4.78 is 1.07. The van der Waals surface area contributed by atoms with E-state index in [1.807, 2.05) is 11.8 Å². The van der Waals surface area contributed by atoms with Gasteiger partial charge in [-0.15, -0.1) is 0 Å². The van der Waals surface area contributed by atoms with Gasteiger partial charge < -0.3 is 5.32 Å². The van der Waals surface area contributed by atoms with Crippen LogP contribution in [0, 0.1) is 0 Å². The lowest BCUT2D eigenvalue weighted by molar-refractivity contribution is 0.0965. The van der Waals surface area contributed by atoms with Crippen LogP contribution in [0.15, 0.2) is 16.6 Å². The Kier molecular flexibility index (Phi) is 4.92. The molecule has 1 aromatic rings. The highest BCUT2D eigenvalue weighted by Crippen LogP contribution is 2.33. The average Bonchev–Trinajstić information content (AvgIpc) is 2.88. The molecule has 1 amide bonds. The fraction of sp³-hybridized carbons (Fsp3) is 0.562. The molecule has 1 unspecified atom stereocenters. The van der Waals surface area contributed by atoms with Crippen molar-refractivity contribution in [2.45, 2.75) is 31.8 Å². The van der Waals surface area contributed by atoms with Gasteiger partial charge in [0.2, 0.25) is 0 Å². The lowest BCUT2D eigenvalue weighted by Crippen LogP contribution is -2.35. The molecule has 0 aromatic heterocycles. The van der Waals surface area contributed by atoms with E-state index in [-0.39, 0.29) is 5.91 Å². The minimum absolute atomic E-state index is 0.0640. The van der Waals surface area contributed by atoms with Crippen molar-refractivity contribution in [1.29, 1.82) is 0 Å². The van der Waals surface area contributed by atoms with Gasteiger partial charge in [0.25, 0.3) is 5.91 Å². The quantitative estimate of drug-likeness (QED) is 0.881. The summed E-state index contributed by atoms with van der Waals surface area (Å²) in [5.74, 6) is 1.14. The van der Waals surface area contributed by atoms with Gasteiger partial charge in [-0.05, 0) is 55.4 Å². The van der Waals surface area contributed by atoms with E-state index in [2.05, 4.69) is 44.5 Å². The molecule has 21 heavy (non-hydrogen) atoms. The zero-order chi connectivity index (χ0) is 14.8. The second-order valence-corrected chi connectivity index (χ2v) is 7.54. The Hall–Kier alpha value is -0.520. The molecule has 1 atom stereocenters. The first kappa shape index (κ1) is 15.4. The molecule has 2 aliphatic heterocycles. The molecule has 114 valence electrons. The van der Waals surface area contributed by atoms with Crippen LogP contribution in [0.1, 0.15) is 46.8 Å². The third-order valence-corrected chi connectivity index (χ3v) is 5.79. The summed E-state index contributed by atoms with van der Waals surface area (Å²) in [6, 6.07) is 4.74. The average molecular weight is 369 g/mol. The zero-order valence-electron chi connectivity index (χ0n) is 12.3. The van der Waals surface area contributed by atoms with Crippen LogP contribution in [-0.4, -0.2) is 35.9 Å². The second kappa shape index (κ2) is 6.71. The predicted octanol–water partition coefficient (Wildman–Crippen LogP) is 3.58. The molecule has 1 N–H and O–H groups in total. The van der Waals surface area contributed by atoms with Gasteiger partial charge >= 0.3 is 0 Å². The van der Waals surface area contributed by atoms with E-state index in [0.29, 0.717) is 12.6 Å². The lowest BCUT2D eigenvalue weighted by atomic mass is 9.99. The minimum atomic E-state index is 0.0640. The summed E-state index contributed by atoms with van der Waals surface area (Å²) in [6.45, 7) is 2.99. The number of nitrogens with one attached hydrogen (secondary N) is 1. The Labute approximate surface area is 139 Å². The Morgan fingerprint density at radius 2 is 2.10 bits per heavy atom. The summed E-state index contributed by atoms with van der Waals surface area (Å²) in [5, 5.41) is 2.92. The molecule has 0 radical (unpaired) electrons. The summed E-state index contributed by atoms with van der Waals surface area (Å²) in [5.41, 5.74) is 3.22. The summed E-state index contributed by atoms with van der Waals surface area (Å²) in [7, 11) is 0. The third kappa shape index (κ3) is 3.15. The Balaban J connectivity index is 1.94. The standard InChI is InChI=1S/C16H21BrN2OS/c1-21-10-15(19-5-3-2-4-6-19)11-7-12-13(14(17)8-11)9-18-16(12)20/h7-8,15H,2-6,9-10H2,1H3,(H,18,20). The van der Waals surface area contributed by atoms with E-state index in [4.69, 9.17) is 0 Å². The molecule has 0 saturated carbocycles. The maximum absolute atomic E-state index is 12.0. The first-order valence-corrected chi connectivity index (χ1v) is 9.73. The smallest absolute Gasteiger partial charge is 0.251 e. The number of piperidine rings is 1. The highest BCUT2D eigenvalue weighted by molar-refractivity contribution is 9.10. The van der Waals surface area contributed by atoms with Crippen molar-refractivity contribution in [1.82, 2.24) is 10.2 Å². The molecule has 0 spiro atoms. The fourth-order valence-corrected chi connectivity index (χ4v) is 4.63. The molecule has 1 saturated heterocycles. The molecule has 3 nitrogen and oxygen atoms in total. The molecule has 5 heteroatoms. The van der Waals surface area contributed by atoms with Crippen LogP contribution in [0.25, 0.3) is 0 Å². The first-order valence-electron chi connectivity index (χ1n) is 7.54. The predicted molar refractivity (Wildman–Crippen MR) is 91.9 cm³/mol. The molecular weight excluding hydrogens is 348 g/mol. The number of thioether (sulfide) groups is 1. The van der Waals surface area contributed by atoms with Crippen molar-refractivity contribution >= 4 is 33.6 Å². The van der Waals surface area contributed by atoms with Gasteiger partial charge in [-0.25, -0.2) is 0 Å². The molecule has 3 rings (SSSR count). The van der Waals surface area contributed by atoms with Gasteiger partial charge in [0, 0.05) is 28.4 Å². The Morgan fingerprint density at radius 1 is 1.33 bits per heavy atom. The van der Waals surface area contributed by atoms with Crippen molar-refractivity contribution in [2.75, 3.05) is 25.1 Å². The number of fused-ring (bicyclic) bond motifs is 1. The number of hydrogen-bond acceptors (Lipinski definition) is 3. The lowest BCUT2D eigenvalue weighted by Gasteiger charge is -2.35. The van der Waals surface area contributed by atoms with E-state index in [9.17, 15) is 4.79 Å². The van der Waals surface area contributed by atoms with E-state index < -0.39 is 0 Å². The maximum Gasteiger partial charge on any atom is 0.251 e. The Morgan fingerprint density at radius 3 is 2.81 bits per heavy atom. The fourth-order valence-electron chi connectivity index (χ4n) is 3.30. The molecule has 2 heterocycles. The number of rotatable bonds is 4. The topological polar surface area (TPSA) is 32.3 Å². The maximum atomic E-state index is 12.0. The second-order valence-electron chi connectivity index (χ2n) is 5.78. The zero-order valence-corrected chi connectivity index (χ0v) is 14.7. The molecular formula is C16H21BrN2OS. The van der Waals surface area contributed by atoms with Gasteiger partial charge in [-0.2, -0.15) is 11.8 Å². The van der Waals surface area contributed by atoms with E-state index in [1.54, 1.807) is 0 Å². The molecule has 1 fully saturated rings. The van der Waals surface area contributed by atoms with Crippen molar-refractivity contribution in [3.05, 3.63) is 33.3 Å². The number of carbonyl (C=O) groups is 1. The largest absolute Gasteiger partial charge is 0.348 e. The summed E-state index contributed by atoms with van der Waals surface area (Å²) in [4.78, 5) is 14.6. The normalized spacial score (nSPS) is 20.2. The third-order valence-electron chi connectivity index (χ3n) is 4.43. The van der Waals surface area contributed by atoms with Gasteiger partial charge in [0.05, 0.1) is 0 Å². The van der Waals surface area contributed by atoms with Crippen molar-refractivity contribution in [2.24, 2.45) is 0 Å². The first-order chi connectivity index (χ1) is 10.2. The van der Waals surface area contributed by atoms with Gasteiger partial charge in [-0.3, -0.25) is 9.69 Å². The van der Waals surface area contributed by atoms with Crippen LogP contribution < -0.4 is 5.32 Å². The number of carbonyl (C=O) groups excluding carboxylic acids is 1. The number of hydrogen-bond donors (Lipinski definition) is 1. The number of nitrogens with zero attached hydrogens (tertiary/aromatic N) is 1. The molecule has 0 aliphatic carbocycles. The van der Waals surface area contributed by atoms with Gasteiger partial charge in [0.15, 0.2) is 0 Å². The monoisotopic (exact) mass is 368 g/mol. The van der Waals surface area contributed by atoms with Crippen LogP contribution in [0.3, 0.4) is 0 Å². The summed E-state index contributed by atoms with van der Waals surface area (Å²) >= 11 is 5.53. The number of halogens is 1. The van der Waals surface area contributed by atoms with E-state index >= 15 is 0 Å². The van der Waals surface area contributed by atoms with Crippen LogP contribution >= 0.6 is 27.7 Å². The van der Waals surface area contributed by atoms with Crippen LogP contribution in [-0.2, 0) is 6.54 Å². The number of amides is 1. The van der Waals surface area contributed by atoms with Crippen LogP contribution in [0.5, 0.6) is 0 Å². The van der Waals surface area contributed by atoms with E-state index in [1.165, 1.54) is 37.9 Å². The van der Waals surface area contributed by atoms with Crippen molar-refractivity contribution in [3.8, 4) is 0 Å². The number of likely N-dealkylation sites (tertiary alicyclic amines) is 1. The van der Waals surface area contributed by atoms with Crippen LogP contribution in [0.2, 0.25) is 0 Å². The molecule has 2 aliphatic rings.